The van der Waals surface area contributed by atoms with E-state index in [0.29, 0.717) is 17.0 Å². The molecule has 2 aromatic heterocycles. The van der Waals surface area contributed by atoms with Crippen molar-refractivity contribution in [1.29, 1.82) is 0 Å². The number of nitrogens with zero attached hydrogens (tertiary/aromatic N) is 6. The van der Waals surface area contributed by atoms with Crippen LogP contribution in [0, 0.1) is 0 Å². The first-order valence-corrected chi connectivity index (χ1v) is 10.8. The first kappa shape index (κ1) is 22.2. The smallest absolute Gasteiger partial charge is 0.321 e. The Morgan fingerprint density at radius 1 is 0.939 bits per heavy atom. The van der Waals surface area contributed by atoms with Crippen LogP contribution in [-0.2, 0) is 4.79 Å². The average molecular weight is 450 g/mol. The number of fused-ring (bicyclic) bond motifs is 1. The van der Waals surface area contributed by atoms with Crippen molar-refractivity contribution < 1.29 is 9.59 Å². The van der Waals surface area contributed by atoms with Crippen molar-refractivity contribution in [3.05, 3.63) is 36.7 Å². The Hall–Kier alpha value is -4.02. The molecule has 1 fully saturated rings. The molecule has 33 heavy (non-hydrogen) atoms. The summed E-state index contributed by atoms with van der Waals surface area (Å²) in [7, 11) is 0. The third-order valence-corrected chi connectivity index (χ3v) is 5.19. The van der Waals surface area contributed by atoms with Gasteiger partial charge in [-0.15, -0.1) is 0 Å². The van der Waals surface area contributed by atoms with Gasteiger partial charge in [0.25, 0.3) is 0 Å². The van der Waals surface area contributed by atoms with Crippen LogP contribution < -0.4 is 20.9 Å². The second-order valence-corrected chi connectivity index (χ2v) is 8.08. The van der Waals surface area contributed by atoms with Gasteiger partial charge in [0.05, 0.1) is 5.39 Å². The van der Waals surface area contributed by atoms with E-state index in [9.17, 15) is 9.59 Å². The zero-order valence-electron chi connectivity index (χ0n) is 18.9. The number of carbonyl (C=O) groups excluding carboxylic acids is 2. The number of benzene rings is 1. The van der Waals surface area contributed by atoms with Gasteiger partial charge in [-0.3, -0.25) is 10.1 Å². The molecule has 0 atom stereocenters. The van der Waals surface area contributed by atoms with Crippen molar-refractivity contribution in [3.8, 4) is 0 Å². The quantitative estimate of drug-likeness (QED) is 0.542. The molecule has 4 rings (SSSR count). The minimum Gasteiger partial charge on any atom is -0.368 e. The summed E-state index contributed by atoms with van der Waals surface area (Å²) in [5, 5.41) is 9.17. The molecule has 0 unspecified atom stereocenters. The number of piperazine rings is 1. The standard InChI is InChI=1S/C22H27N9O2/c1-14(2)25-22(33)29-21-24-13-16-12-23-20(27-19(16)28-21)26-17-4-6-18(7-5-17)31-10-8-30(9-11-31)15(3)32/h4-7,12-14H,8-11H2,1-3H3,(H3,23,24,25,26,27,28,29,33). The highest BCUT2D eigenvalue weighted by atomic mass is 16.2. The van der Waals surface area contributed by atoms with Crippen LogP contribution in [-0.4, -0.2) is 69.0 Å². The predicted octanol–water partition coefficient (Wildman–Crippen LogP) is 2.36. The zero-order chi connectivity index (χ0) is 23.4. The first-order valence-electron chi connectivity index (χ1n) is 10.8. The maximum atomic E-state index is 11.9. The summed E-state index contributed by atoms with van der Waals surface area (Å²) in [6.07, 6.45) is 3.20. The van der Waals surface area contributed by atoms with Gasteiger partial charge in [0, 0.05) is 62.9 Å². The molecule has 1 aromatic carbocycles. The summed E-state index contributed by atoms with van der Waals surface area (Å²) in [5.41, 5.74) is 2.36. The van der Waals surface area contributed by atoms with Crippen LogP contribution in [0.2, 0.25) is 0 Å². The van der Waals surface area contributed by atoms with E-state index in [1.807, 2.05) is 43.0 Å². The summed E-state index contributed by atoms with van der Waals surface area (Å²) in [5.74, 6) is 0.678. The lowest BCUT2D eigenvalue weighted by Crippen LogP contribution is -2.48. The zero-order valence-corrected chi connectivity index (χ0v) is 18.9. The van der Waals surface area contributed by atoms with E-state index in [4.69, 9.17) is 0 Å². The lowest BCUT2D eigenvalue weighted by atomic mass is 10.2. The van der Waals surface area contributed by atoms with Crippen LogP contribution >= 0.6 is 0 Å². The second kappa shape index (κ2) is 9.63. The van der Waals surface area contributed by atoms with Crippen molar-refractivity contribution in [1.82, 2.24) is 30.2 Å². The third-order valence-electron chi connectivity index (χ3n) is 5.19. The van der Waals surface area contributed by atoms with Gasteiger partial charge in [-0.1, -0.05) is 0 Å². The van der Waals surface area contributed by atoms with E-state index in [2.05, 4.69) is 40.8 Å². The van der Waals surface area contributed by atoms with Crippen LogP contribution in [0.15, 0.2) is 36.7 Å². The van der Waals surface area contributed by atoms with Crippen LogP contribution in [0.4, 0.5) is 28.1 Å². The van der Waals surface area contributed by atoms with E-state index in [0.717, 1.165) is 37.6 Å². The van der Waals surface area contributed by atoms with Crippen molar-refractivity contribution in [2.75, 3.05) is 41.7 Å². The van der Waals surface area contributed by atoms with E-state index in [-0.39, 0.29) is 23.9 Å². The highest BCUT2D eigenvalue weighted by Gasteiger charge is 2.18. The molecule has 11 nitrogen and oxygen atoms in total. The number of urea groups is 1. The summed E-state index contributed by atoms with van der Waals surface area (Å²) in [6.45, 7) is 8.44. The van der Waals surface area contributed by atoms with E-state index >= 15 is 0 Å². The molecular formula is C22H27N9O2. The van der Waals surface area contributed by atoms with Crippen molar-refractivity contribution in [3.63, 3.8) is 0 Å². The fourth-order valence-corrected chi connectivity index (χ4v) is 3.51. The molecule has 0 bridgehead atoms. The molecule has 1 aliphatic heterocycles. The molecule has 3 aromatic rings. The highest BCUT2D eigenvalue weighted by Crippen LogP contribution is 2.22. The van der Waals surface area contributed by atoms with Gasteiger partial charge in [0.15, 0.2) is 5.65 Å². The van der Waals surface area contributed by atoms with Crippen LogP contribution in [0.25, 0.3) is 11.0 Å². The van der Waals surface area contributed by atoms with Crippen molar-refractivity contribution in [2.45, 2.75) is 26.8 Å². The molecule has 0 spiro atoms. The highest BCUT2D eigenvalue weighted by molar-refractivity contribution is 5.88. The Bertz CT molecular complexity index is 1140. The minimum atomic E-state index is -0.375. The van der Waals surface area contributed by atoms with Gasteiger partial charge >= 0.3 is 6.03 Å². The fourth-order valence-electron chi connectivity index (χ4n) is 3.51. The third kappa shape index (κ3) is 5.62. The molecule has 0 aliphatic carbocycles. The first-order chi connectivity index (χ1) is 15.9. The van der Waals surface area contributed by atoms with Gasteiger partial charge in [0.1, 0.15) is 0 Å². The molecule has 3 N–H and O–H groups in total. The Morgan fingerprint density at radius 2 is 1.58 bits per heavy atom. The SMILES string of the molecule is CC(=O)N1CCN(c2ccc(Nc3ncc4cnc(NC(=O)NC(C)C)nc4n3)cc2)CC1. The maximum Gasteiger partial charge on any atom is 0.321 e. The van der Waals surface area contributed by atoms with Gasteiger partial charge in [-0.25, -0.2) is 14.8 Å². The normalized spacial score (nSPS) is 13.8. The van der Waals surface area contributed by atoms with Crippen molar-refractivity contribution >= 4 is 46.2 Å². The number of carbonyl (C=O) groups is 2. The van der Waals surface area contributed by atoms with Gasteiger partial charge in [-0.05, 0) is 38.1 Å². The molecule has 0 saturated carbocycles. The summed E-state index contributed by atoms with van der Waals surface area (Å²) in [4.78, 5) is 44.7. The second-order valence-electron chi connectivity index (χ2n) is 8.08. The van der Waals surface area contributed by atoms with Gasteiger partial charge in [-0.2, -0.15) is 9.97 Å². The molecule has 3 heterocycles. The summed E-state index contributed by atoms with van der Waals surface area (Å²) in [6, 6.07) is 7.61. The monoisotopic (exact) mass is 449 g/mol. The topological polar surface area (TPSA) is 128 Å². The Balaban J connectivity index is 1.42. The predicted molar refractivity (Wildman–Crippen MR) is 127 cm³/mol. The molecule has 0 radical (unpaired) electrons. The molecule has 3 amide bonds. The van der Waals surface area contributed by atoms with Crippen LogP contribution in [0.5, 0.6) is 0 Å². The number of hydrogen-bond donors (Lipinski definition) is 3. The molecule has 1 aliphatic rings. The molecule has 172 valence electrons. The van der Waals surface area contributed by atoms with Gasteiger partial charge < -0.3 is 20.4 Å². The lowest BCUT2D eigenvalue weighted by molar-refractivity contribution is -0.129. The summed E-state index contributed by atoms with van der Waals surface area (Å²) >= 11 is 0. The largest absolute Gasteiger partial charge is 0.368 e. The number of aromatic nitrogens is 4. The van der Waals surface area contributed by atoms with Gasteiger partial charge in [0.2, 0.25) is 17.8 Å². The number of nitrogens with one attached hydrogen (secondary N) is 3. The van der Waals surface area contributed by atoms with E-state index < -0.39 is 0 Å². The van der Waals surface area contributed by atoms with Crippen LogP contribution in [0.3, 0.4) is 0 Å². The fraction of sp³-hybridized carbons (Fsp3) is 0.364. The number of anilines is 4. The Labute approximate surface area is 191 Å². The minimum absolute atomic E-state index is 0.000113. The van der Waals surface area contributed by atoms with E-state index in [1.165, 1.54) is 0 Å². The summed E-state index contributed by atoms with van der Waals surface area (Å²) < 4.78 is 0. The Morgan fingerprint density at radius 3 is 2.21 bits per heavy atom. The average Bonchev–Trinajstić information content (AvgIpc) is 2.79. The van der Waals surface area contributed by atoms with E-state index in [1.54, 1.807) is 19.3 Å². The maximum absolute atomic E-state index is 11.9. The lowest BCUT2D eigenvalue weighted by Gasteiger charge is -2.35. The number of amides is 3. The van der Waals surface area contributed by atoms with Crippen molar-refractivity contribution in [2.24, 2.45) is 0 Å². The molecule has 1 saturated heterocycles. The Kier molecular flexibility index (Phi) is 6.48. The van der Waals surface area contributed by atoms with Crippen LogP contribution in [0.1, 0.15) is 20.8 Å². The molecule has 11 heteroatoms. The molecular weight excluding hydrogens is 422 g/mol. The number of rotatable bonds is 5. The number of hydrogen-bond acceptors (Lipinski definition) is 8.